The zero-order valence-electron chi connectivity index (χ0n) is 13.9. The number of para-hydroxylation sites is 1. The minimum Gasteiger partial charge on any atom is -0.493 e. The molecule has 1 amide bonds. The van der Waals surface area contributed by atoms with E-state index in [1.807, 2.05) is 23.1 Å². The second kappa shape index (κ2) is 5.33. The van der Waals surface area contributed by atoms with Crippen molar-refractivity contribution in [3.63, 3.8) is 0 Å². The van der Waals surface area contributed by atoms with Gasteiger partial charge in [0.2, 0.25) is 5.91 Å². The predicted molar refractivity (Wildman–Crippen MR) is 88.1 cm³/mol. The molecule has 1 saturated carbocycles. The van der Waals surface area contributed by atoms with Gasteiger partial charge in [0, 0.05) is 42.0 Å². The van der Waals surface area contributed by atoms with Crippen LogP contribution in [0.1, 0.15) is 35.8 Å². The fraction of sp³-hybridized carbons (Fsp3) is 0.474. The molecule has 6 heteroatoms. The number of ether oxygens (including phenoxy) is 1. The van der Waals surface area contributed by atoms with Crippen molar-refractivity contribution in [1.82, 2.24) is 10.1 Å². The lowest BCUT2D eigenvalue weighted by Gasteiger charge is -2.39. The van der Waals surface area contributed by atoms with Crippen LogP contribution in [0.4, 0.5) is 0 Å². The molecule has 0 unspecified atom stereocenters. The normalized spacial score (nSPS) is 27.6. The Hall–Kier alpha value is -2.34. The molecular weight excluding hydrogens is 320 g/mol. The molecule has 3 heterocycles. The zero-order valence-corrected chi connectivity index (χ0v) is 13.9. The van der Waals surface area contributed by atoms with Gasteiger partial charge >= 0.3 is 0 Å². The van der Waals surface area contributed by atoms with E-state index in [9.17, 15) is 4.79 Å². The number of aliphatic hydroxyl groups excluding tert-OH is 1. The Labute approximate surface area is 145 Å². The summed E-state index contributed by atoms with van der Waals surface area (Å²) in [4.78, 5) is 14.8. The summed E-state index contributed by atoms with van der Waals surface area (Å²) in [5.74, 6) is 1.94. The summed E-state index contributed by atoms with van der Waals surface area (Å²) in [6.07, 6.45) is 1.84. The summed E-state index contributed by atoms with van der Waals surface area (Å²) in [6.45, 7) is 1.91. The number of hydrogen-bond acceptors (Lipinski definition) is 5. The fourth-order valence-corrected chi connectivity index (χ4v) is 4.35. The zero-order chi connectivity index (χ0) is 17.0. The van der Waals surface area contributed by atoms with Gasteiger partial charge in [-0.25, -0.2) is 0 Å². The van der Waals surface area contributed by atoms with E-state index in [4.69, 9.17) is 14.4 Å². The summed E-state index contributed by atoms with van der Waals surface area (Å²) in [5, 5.41) is 13.0. The van der Waals surface area contributed by atoms with E-state index in [2.05, 4.69) is 11.2 Å². The molecule has 130 valence electrons. The molecule has 2 atom stereocenters. The van der Waals surface area contributed by atoms with Gasteiger partial charge in [-0.15, -0.1) is 0 Å². The Morgan fingerprint density at radius 1 is 1.36 bits per heavy atom. The highest BCUT2D eigenvalue weighted by Crippen LogP contribution is 2.61. The number of benzene rings is 1. The van der Waals surface area contributed by atoms with Crippen LogP contribution in [0.3, 0.4) is 0 Å². The third-order valence-electron chi connectivity index (χ3n) is 5.95. The third kappa shape index (κ3) is 2.20. The van der Waals surface area contributed by atoms with Gasteiger partial charge in [-0.1, -0.05) is 23.4 Å². The summed E-state index contributed by atoms with van der Waals surface area (Å²) in [7, 11) is 0. The second-order valence-corrected chi connectivity index (χ2v) is 7.32. The molecule has 5 rings (SSSR count). The van der Waals surface area contributed by atoms with Crippen LogP contribution < -0.4 is 4.74 Å². The van der Waals surface area contributed by atoms with Gasteiger partial charge in [0.15, 0.2) is 5.76 Å². The maximum atomic E-state index is 12.9. The molecule has 2 aromatic rings. The molecule has 1 aromatic carbocycles. The maximum absolute atomic E-state index is 12.9. The average molecular weight is 340 g/mol. The molecule has 1 aromatic heterocycles. The van der Waals surface area contributed by atoms with Crippen molar-refractivity contribution < 1.29 is 19.2 Å². The first kappa shape index (κ1) is 15.0. The third-order valence-corrected chi connectivity index (χ3v) is 5.95. The fourth-order valence-electron chi connectivity index (χ4n) is 4.35. The number of likely N-dealkylation sites (tertiary alicyclic amines) is 1. The summed E-state index contributed by atoms with van der Waals surface area (Å²) in [6, 6.07) is 9.89. The topological polar surface area (TPSA) is 75.8 Å². The van der Waals surface area contributed by atoms with Crippen molar-refractivity contribution >= 4 is 5.91 Å². The van der Waals surface area contributed by atoms with Crippen LogP contribution in [-0.4, -0.2) is 40.8 Å². The van der Waals surface area contributed by atoms with Crippen LogP contribution in [-0.2, 0) is 16.8 Å². The number of aromatic nitrogens is 1. The van der Waals surface area contributed by atoms with Crippen LogP contribution in [0.15, 0.2) is 34.9 Å². The Morgan fingerprint density at radius 3 is 3.00 bits per heavy atom. The average Bonchev–Trinajstić information content (AvgIpc) is 3.11. The number of carbonyl (C=O) groups excluding carboxylic acids is 1. The molecule has 1 aliphatic carbocycles. The monoisotopic (exact) mass is 340 g/mol. The van der Waals surface area contributed by atoms with Crippen LogP contribution in [0.25, 0.3) is 0 Å². The van der Waals surface area contributed by atoms with Gasteiger partial charge < -0.3 is 19.3 Å². The number of amides is 1. The van der Waals surface area contributed by atoms with Gasteiger partial charge in [0.25, 0.3) is 0 Å². The van der Waals surface area contributed by atoms with Gasteiger partial charge in [-0.05, 0) is 18.9 Å². The standard InChI is InChI=1S/C19H20N2O4/c22-11-13-7-16(20-25-13)12-9-21(10-12)18(23)15-8-19(15)5-6-24-17-4-2-1-3-14(17)19/h1-4,7,12,15,22H,5-6,8-11H2/t15-,19-/m0/s1. The quantitative estimate of drug-likeness (QED) is 0.923. The van der Waals surface area contributed by atoms with Crippen LogP contribution >= 0.6 is 0 Å². The van der Waals surface area contributed by atoms with E-state index < -0.39 is 0 Å². The SMILES string of the molecule is O=C([C@@H]1C[C@]12CCOc1ccccc12)N1CC(c2cc(CO)on2)C1. The van der Waals surface area contributed by atoms with E-state index in [-0.39, 0.29) is 29.8 Å². The van der Waals surface area contributed by atoms with E-state index in [1.54, 1.807) is 6.07 Å². The first-order valence-corrected chi connectivity index (χ1v) is 8.79. The molecule has 6 nitrogen and oxygen atoms in total. The van der Waals surface area contributed by atoms with Crippen molar-refractivity contribution in [3.05, 3.63) is 47.3 Å². The Bertz CT molecular complexity index is 826. The van der Waals surface area contributed by atoms with Crippen molar-refractivity contribution in [2.24, 2.45) is 5.92 Å². The van der Waals surface area contributed by atoms with Crippen molar-refractivity contribution in [3.8, 4) is 5.75 Å². The smallest absolute Gasteiger partial charge is 0.226 e. The van der Waals surface area contributed by atoms with E-state index in [0.29, 0.717) is 25.5 Å². The summed E-state index contributed by atoms with van der Waals surface area (Å²) in [5.41, 5.74) is 2.00. The maximum Gasteiger partial charge on any atom is 0.226 e. The lowest BCUT2D eigenvalue weighted by Crippen LogP contribution is -2.50. The lowest BCUT2D eigenvalue weighted by atomic mass is 9.86. The first-order chi connectivity index (χ1) is 12.2. The molecule has 3 aliphatic rings. The van der Waals surface area contributed by atoms with Gasteiger partial charge in [-0.2, -0.15) is 0 Å². The molecule has 1 N–H and O–H groups in total. The molecule has 25 heavy (non-hydrogen) atoms. The largest absolute Gasteiger partial charge is 0.493 e. The van der Waals surface area contributed by atoms with Crippen LogP contribution in [0, 0.1) is 5.92 Å². The number of rotatable bonds is 3. The molecule has 0 radical (unpaired) electrons. The minimum absolute atomic E-state index is 0.0189. The van der Waals surface area contributed by atoms with Crippen molar-refractivity contribution in [1.29, 1.82) is 0 Å². The Kier molecular flexibility index (Phi) is 3.19. The van der Waals surface area contributed by atoms with Gasteiger partial charge in [-0.3, -0.25) is 4.79 Å². The van der Waals surface area contributed by atoms with Crippen molar-refractivity contribution in [2.45, 2.75) is 30.8 Å². The summed E-state index contributed by atoms with van der Waals surface area (Å²) < 4.78 is 10.8. The second-order valence-electron chi connectivity index (χ2n) is 7.32. The molecule has 1 spiro atoms. The number of hydrogen-bond donors (Lipinski definition) is 1. The first-order valence-electron chi connectivity index (χ1n) is 8.79. The molecule has 0 bridgehead atoms. The lowest BCUT2D eigenvalue weighted by molar-refractivity contribution is -0.137. The highest BCUT2D eigenvalue weighted by Gasteiger charge is 2.62. The molecule has 2 fully saturated rings. The van der Waals surface area contributed by atoms with Crippen LogP contribution in [0.5, 0.6) is 5.75 Å². The van der Waals surface area contributed by atoms with Gasteiger partial charge in [0.05, 0.1) is 12.3 Å². The van der Waals surface area contributed by atoms with Gasteiger partial charge in [0.1, 0.15) is 12.4 Å². The van der Waals surface area contributed by atoms with E-state index in [1.165, 1.54) is 5.56 Å². The number of fused-ring (bicyclic) bond motifs is 2. The molecule has 1 saturated heterocycles. The minimum atomic E-state index is -0.144. The molecular formula is C19H20N2O4. The predicted octanol–water partition coefficient (Wildman–Crippen LogP) is 1.83. The number of carbonyl (C=O) groups is 1. The van der Waals surface area contributed by atoms with E-state index in [0.717, 1.165) is 24.3 Å². The molecule has 2 aliphatic heterocycles. The van der Waals surface area contributed by atoms with Crippen molar-refractivity contribution in [2.75, 3.05) is 19.7 Å². The van der Waals surface area contributed by atoms with E-state index >= 15 is 0 Å². The van der Waals surface area contributed by atoms with Crippen LogP contribution in [0.2, 0.25) is 0 Å². The number of nitrogens with zero attached hydrogens (tertiary/aromatic N) is 2. The number of aliphatic hydroxyl groups is 1. The Morgan fingerprint density at radius 2 is 2.20 bits per heavy atom. The Balaban J connectivity index is 1.27. The summed E-state index contributed by atoms with van der Waals surface area (Å²) >= 11 is 0. The highest BCUT2D eigenvalue weighted by molar-refractivity contribution is 5.85. The highest BCUT2D eigenvalue weighted by atomic mass is 16.5.